The maximum Gasteiger partial charge on any atom is 0.227 e. The number of hydrogen-bond donors (Lipinski definition) is 2. The molecule has 0 heterocycles. The van der Waals surface area contributed by atoms with Crippen LogP contribution in [-0.2, 0) is 4.79 Å². The van der Waals surface area contributed by atoms with E-state index < -0.39 is 0 Å². The first-order valence-corrected chi connectivity index (χ1v) is 7.18. The van der Waals surface area contributed by atoms with Crippen molar-refractivity contribution in [1.82, 2.24) is 0 Å². The van der Waals surface area contributed by atoms with Gasteiger partial charge in [0, 0.05) is 22.1 Å². The van der Waals surface area contributed by atoms with E-state index >= 15 is 0 Å². The molecule has 1 aromatic carbocycles. The molecule has 0 unspecified atom stereocenters. The van der Waals surface area contributed by atoms with Gasteiger partial charge in [0.2, 0.25) is 5.91 Å². The fourth-order valence-corrected chi connectivity index (χ4v) is 2.71. The molecular weight excluding hydrogens is 292 g/mol. The van der Waals surface area contributed by atoms with E-state index in [1.165, 1.54) is 0 Å². The molecule has 3 nitrogen and oxygen atoms in total. The average molecular weight is 311 g/mol. The quantitative estimate of drug-likeness (QED) is 0.881. The maximum absolute atomic E-state index is 12.2. The van der Waals surface area contributed by atoms with Gasteiger partial charge in [-0.2, -0.15) is 0 Å². The van der Waals surface area contributed by atoms with Gasteiger partial charge in [0.25, 0.3) is 0 Å². The van der Waals surface area contributed by atoms with E-state index in [-0.39, 0.29) is 17.9 Å². The Hall–Kier alpha value is -0.870. The van der Waals surface area contributed by atoms with Crippen molar-refractivity contribution in [3.8, 4) is 0 Å². The normalized spacial score (nSPS) is 23.7. The number of aryl methyl sites for hydroxylation is 1. The Labute approximate surface area is 116 Å². The molecule has 1 aromatic rings. The minimum atomic E-state index is 0.114. The third-order valence-corrected chi connectivity index (χ3v) is 4.09. The van der Waals surface area contributed by atoms with Crippen molar-refractivity contribution < 1.29 is 4.79 Å². The van der Waals surface area contributed by atoms with Crippen LogP contribution in [0, 0.1) is 12.8 Å². The third kappa shape index (κ3) is 3.33. The zero-order valence-corrected chi connectivity index (χ0v) is 12.2. The van der Waals surface area contributed by atoms with Crippen LogP contribution in [0.5, 0.6) is 0 Å². The second-order valence-corrected chi connectivity index (χ2v) is 5.98. The number of benzene rings is 1. The number of carbonyl (C=O) groups excluding carboxylic acids is 1. The Kier molecular flexibility index (Phi) is 4.40. The van der Waals surface area contributed by atoms with E-state index in [0.717, 1.165) is 41.4 Å². The Balaban J connectivity index is 2.00. The van der Waals surface area contributed by atoms with Crippen LogP contribution in [-0.4, -0.2) is 11.9 Å². The summed E-state index contributed by atoms with van der Waals surface area (Å²) in [5.41, 5.74) is 7.83. The molecule has 3 N–H and O–H groups in total. The van der Waals surface area contributed by atoms with Gasteiger partial charge < -0.3 is 11.1 Å². The molecule has 0 saturated heterocycles. The maximum atomic E-state index is 12.2. The highest BCUT2D eigenvalue weighted by Crippen LogP contribution is 2.26. The lowest BCUT2D eigenvalue weighted by Crippen LogP contribution is -2.32. The first-order valence-electron chi connectivity index (χ1n) is 6.39. The second-order valence-electron chi connectivity index (χ2n) is 5.06. The number of rotatable bonds is 2. The third-order valence-electron chi connectivity index (χ3n) is 3.60. The standard InChI is InChI=1S/C14H19BrN2O/c1-9-2-5-11(15)8-13(9)17-14(18)10-3-6-12(16)7-4-10/h2,5,8,10,12H,3-4,6-7,16H2,1H3,(H,17,18). The van der Waals surface area contributed by atoms with Gasteiger partial charge in [-0.15, -0.1) is 0 Å². The summed E-state index contributed by atoms with van der Waals surface area (Å²) in [5.74, 6) is 0.242. The molecule has 1 fully saturated rings. The topological polar surface area (TPSA) is 55.1 Å². The molecule has 18 heavy (non-hydrogen) atoms. The number of amides is 1. The van der Waals surface area contributed by atoms with Crippen LogP contribution in [0.4, 0.5) is 5.69 Å². The molecule has 1 aliphatic carbocycles. The Morgan fingerprint density at radius 1 is 1.33 bits per heavy atom. The van der Waals surface area contributed by atoms with E-state index in [9.17, 15) is 4.79 Å². The lowest BCUT2D eigenvalue weighted by atomic mass is 9.86. The van der Waals surface area contributed by atoms with Gasteiger partial charge in [-0.1, -0.05) is 22.0 Å². The number of nitrogens with one attached hydrogen (secondary N) is 1. The molecule has 4 heteroatoms. The van der Waals surface area contributed by atoms with Gasteiger partial charge in [-0.3, -0.25) is 4.79 Å². The predicted molar refractivity (Wildman–Crippen MR) is 77.4 cm³/mol. The molecule has 2 rings (SSSR count). The van der Waals surface area contributed by atoms with Crippen LogP contribution in [0.25, 0.3) is 0 Å². The van der Waals surface area contributed by atoms with Crippen LogP contribution < -0.4 is 11.1 Å². The molecule has 0 aromatic heterocycles. The minimum Gasteiger partial charge on any atom is -0.328 e. The number of hydrogen-bond acceptors (Lipinski definition) is 2. The monoisotopic (exact) mass is 310 g/mol. The summed E-state index contributed by atoms with van der Waals surface area (Å²) in [6.07, 6.45) is 3.71. The van der Waals surface area contributed by atoms with E-state index in [4.69, 9.17) is 5.73 Å². The van der Waals surface area contributed by atoms with Gasteiger partial charge in [0.15, 0.2) is 0 Å². The summed E-state index contributed by atoms with van der Waals surface area (Å²) >= 11 is 3.42. The second kappa shape index (κ2) is 5.85. The van der Waals surface area contributed by atoms with E-state index in [0.29, 0.717) is 0 Å². The SMILES string of the molecule is Cc1ccc(Br)cc1NC(=O)C1CCC(N)CC1. The molecule has 0 aliphatic heterocycles. The van der Waals surface area contributed by atoms with Crippen molar-refractivity contribution in [2.75, 3.05) is 5.32 Å². The first-order chi connectivity index (χ1) is 8.56. The van der Waals surface area contributed by atoms with Crippen molar-refractivity contribution >= 4 is 27.5 Å². The van der Waals surface area contributed by atoms with Crippen molar-refractivity contribution in [1.29, 1.82) is 0 Å². The average Bonchev–Trinajstić information content (AvgIpc) is 2.34. The minimum absolute atomic E-state index is 0.114. The van der Waals surface area contributed by atoms with Crippen LogP contribution in [0.2, 0.25) is 0 Å². The smallest absolute Gasteiger partial charge is 0.227 e. The zero-order valence-electron chi connectivity index (χ0n) is 10.6. The summed E-state index contributed by atoms with van der Waals surface area (Å²) < 4.78 is 0.981. The summed E-state index contributed by atoms with van der Waals surface area (Å²) in [4.78, 5) is 12.2. The number of carbonyl (C=O) groups is 1. The van der Waals surface area contributed by atoms with Crippen molar-refractivity contribution in [3.05, 3.63) is 28.2 Å². The highest BCUT2D eigenvalue weighted by Gasteiger charge is 2.24. The van der Waals surface area contributed by atoms with Crippen LogP contribution >= 0.6 is 15.9 Å². The van der Waals surface area contributed by atoms with Crippen LogP contribution in [0.1, 0.15) is 31.2 Å². The highest BCUT2D eigenvalue weighted by atomic mass is 79.9. The summed E-state index contributed by atoms with van der Waals surface area (Å²) in [6.45, 7) is 2.00. The molecule has 1 saturated carbocycles. The van der Waals surface area contributed by atoms with E-state index in [2.05, 4.69) is 21.2 Å². The highest BCUT2D eigenvalue weighted by molar-refractivity contribution is 9.10. The molecule has 0 spiro atoms. The van der Waals surface area contributed by atoms with E-state index in [1.807, 2.05) is 25.1 Å². The Bertz CT molecular complexity index is 439. The fourth-order valence-electron chi connectivity index (χ4n) is 2.35. The van der Waals surface area contributed by atoms with Crippen molar-refractivity contribution in [3.63, 3.8) is 0 Å². The molecule has 98 valence electrons. The van der Waals surface area contributed by atoms with Gasteiger partial charge in [0.05, 0.1) is 0 Å². The molecule has 1 amide bonds. The fraction of sp³-hybridized carbons (Fsp3) is 0.500. The zero-order chi connectivity index (χ0) is 13.1. The first kappa shape index (κ1) is 13.6. The van der Waals surface area contributed by atoms with Gasteiger partial charge >= 0.3 is 0 Å². The summed E-state index contributed by atoms with van der Waals surface area (Å²) in [6, 6.07) is 6.20. The number of halogens is 1. The summed E-state index contributed by atoms with van der Waals surface area (Å²) in [7, 11) is 0. The molecule has 1 aliphatic rings. The van der Waals surface area contributed by atoms with Crippen molar-refractivity contribution in [2.24, 2.45) is 11.7 Å². The summed E-state index contributed by atoms with van der Waals surface area (Å²) in [5, 5.41) is 3.03. The van der Waals surface area contributed by atoms with Crippen LogP contribution in [0.15, 0.2) is 22.7 Å². The number of anilines is 1. The van der Waals surface area contributed by atoms with Gasteiger partial charge in [0.1, 0.15) is 0 Å². The molecule has 0 bridgehead atoms. The Morgan fingerprint density at radius 3 is 2.67 bits per heavy atom. The largest absolute Gasteiger partial charge is 0.328 e. The Morgan fingerprint density at radius 2 is 2.00 bits per heavy atom. The van der Waals surface area contributed by atoms with Gasteiger partial charge in [-0.05, 0) is 50.3 Å². The predicted octanol–water partition coefficient (Wildman–Crippen LogP) is 3.21. The number of nitrogens with two attached hydrogens (primary N) is 1. The molecule has 0 atom stereocenters. The van der Waals surface area contributed by atoms with E-state index in [1.54, 1.807) is 0 Å². The molecule has 0 radical (unpaired) electrons. The van der Waals surface area contributed by atoms with Crippen molar-refractivity contribution in [2.45, 2.75) is 38.6 Å². The van der Waals surface area contributed by atoms with Crippen LogP contribution in [0.3, 0.4) is 0 Å². The van der Waals surface area contributed by atoms with Gasteiger partial charge in [-0.25, -0.2) is 0 Å². The lowest BCUT2D eigenvalue weighted by Gasteiger charge is -2.25. The lowest BCUT2D eigenvalue weighted by molar-refractivity contribution is -0.120. The molecular formula is C14H19BrN2O.